The minimum atomic E-state index is -0.372. The van der Waals surface area contributed by atoms with Crippen LogP contribution >= 0.6 is 24.0 Å². The molecule has 0 radical (unpaired) electrons. The molecule has 25 heavy (non-hydrogen) atoms. The van der Waals surface area contributed by atoms with Crippen molar-refractivity contribution < 1.29 is 14.3 Å². The summed E-state index contributed by atoms with van der Waals surface area (Å²) in [5.41, 5.74) is 7.51. The number of anilines is 1. The second kappa shape index (κ2) is 10.9. The summed E-state index contributed by atoms with van der Waals surface area (Å²) in [7, 11) is 1.59. The number of methoxy groups -OCH3 is 1. The van der Waals surface area contributed by atoms with Crippen LogP contribution in [-0.2, 0) is 9.53 Å². The van der Waals surface area contributed by atoms with E-state index in [2.05, 4.69) is 5.32 Å². The third-order valence-electron chi connectivity index (χ3n) is 3.41. The maximum absolute atomic E-state index is 12.3. The number of rotatable bonds is 8. The minimum absolute atomic E-state index is 0. The highest BCUT2D eigenvalue weighted by Crippen LogP contribution is 2.33. The van der Waals surface area contributed by atoms with Gasteiger partial charge in [0.25, 0.3) is 0 Å². The molecule has 0 aliphatic carbocycles. The smallest absolute Gasteiger partial charge is 0.226 e. The first kappa shape index (κ1) is 21.3. The van der Waals surface area contributed by atoms with Crippen LogP contribution in [0, 0.1) is 0 Å². The number of carbonyl (C=O) groups excluding carboxylic acids is 1. The van der Waals surface area contributed by atoms with E-state index in [-0.39, 0.29) is 30.8 Å². The zero-order chi connectivity index (χ0) is 17.4. The number of carbonyl (C=O) groups is 1. The summed E-state index contributed by atoms with van der Waals surface area (Å²) in [6.45, 7) is 0.768. The Labute approximate surface area is 158 Å². The van der Waals surface area contributed by atoms with E-state index in [1.54, 1.807) is 25.3 Å². The van der Waals surface area contributed by atoms with Crippen molar-refractivity contribution in [2.45, 2.75) is 12.5 Å². The minimum Gasteiger partial charge on any atom is -0.487 e. The summed E-state index contributed by atoms with van der Waals surface area (Å²) in [4.78, 5) is 12.3. The van der Waals surface area contributed by atoms with Gasteiger partial charge in [0.2, 0.25) is 5.91 Å². The zero-order valence-corrected chi connectivity index (χ0v) is 15.5. The predicted octanol–water partition coefficient (Wildman–Crippen LogP) is 3.82. The molecular formula is C18H22Cl2N2O3. The summed E-state index contributed by atoms with van der Waals surface area (Å²) in [6, 6.07) is 14.3. The molecular weight excluding hydrogens is 363 g/mol. The molecule has 1 amide bonds. The lowest BCUT2D eigenvalue weighted by atomic mass is 10.0. The Balaban J connectivity index is 0.00000312. The van der Waals surface area contributed by atoms with E-state index in [0.29, 0.717) is 29.7 Å². The number of nitrogens with two attached hydrogens (primary N) is 1. The highest BCUT2D eigenvalue weighted by Gasteiger charge is 2.15. The Morgan fingerprint density at radius 1 is 1.16 bits per heavy atom. The van der Waals surface area contributed by atoms with Crippen LogP contribution in [0.4, 0.5) is 5.69 Å². The molecule has 0 aromatic heterocycles. The highest BCUT2D eigenvalue weighted by atomic mass is 35.5. The number of hydrogen-bond donors (Lipinski definition) is 2. The van der Waals surface area contributed by atoms with Crippen LogP contribution in [-0.4, -0.2) is 26.2 Å². The van der Waals surface area contributed by atoms with Crippen molar-refractivity contribution in [3.63, 3.8) is 0 Å². The fourth-order valence-electron chi connectivity index (χ4n) is 2.20. The Morgan fingerprint density at radius 2 is 1.88 bits per heavy atom. The van der Waals surface area contributed by atoms with Crippen LogP contribution in [0.3, 0.4) is 0 Å². The fraction of sp³-hybridized carbons (Fsp3) is 0.278. The van der Waals surface area contributed by atoms with E-state index in [1.165, 1.54) is 0 Å². The number of halogens is 2. The lowest BCUT2D eigenvalue weighted by molar-refractivity contribution is -0.116. The van der Waals surface area contributed by atoms with Crippen molar-refractivity contribution in [3.8, 4) is 5.75 Å². The number of hydrogen-bond acceptors (Lipinski definition) is 4. The highest BCUT2D eigenvalue weighted by molar-refractivity contribution is 6.32. The molecule has 136 valence electrons. The Morgan fingerprint density at radius 3 is 2.56 bits per heavy atom. The van der Waals surface area contributed by atoms with E-state index >= 15 is 0 Å². The summed E-state index contributed by atoms with van der Waals surface area (Å²) in [5.74, 6) is 0.225. The SMILES string of the molecule is COCCOc1c(Cl)cccc1NC(=O)CC(N)c1ccccc1.Cl. The van der Waals surface area contributed by atoms with Gasteiger partial charge < -0.3 is 20.5 Å². The molecule has 0 aliphatic rings. The van der Waals surface area contributed by atoms with Gasteiger partial charge >= 0.3 is 0 Å². The van der Waals surface area contributed by atoms with Gasteiger partial charge in [0.1, 0.15) is 6.61 Å². The van der Waals surface area contributed by atoms with Gasteiger partial charge in [0, 0.05) is 19.6 Å². The maximum Gasteiger partial charge on any atom is 0.226 e. The van der Waals surface area contributed by atoms with E-state index in [0.717, 1.165) is 5.56 Å². The monoisotopic (exact) mass is 384 g/mol. The van der Waals surface area contributed by atoms with E-state index in [4.69, 9.17) is 26.8 Å². The largest absolute Gasteiger partial charge is 0.487 e. The van der Waals surface area contributed by atoms with Crippen LogP contribution in [0.5, 0.6) is 5.75 Å². The molecule has 1 atom stereocenters. The molecule has 0 aliphatic heterocycles. The van der Waals surface area contributed by atoms with E-state index in [9.17, 15) is 4.79 Å². The van der Waals surface area contributed by atoms with Crippen LogP contribution in [0.2, 0.25) is 5.02 Å². The molecule has 1 unspecified atom stereocenters. The number of ether oxygens (including phenoxy) is 2. The van der Waals surface area contributed by atoms with Gasteiger partial charge in [-0.05, 0) is 17.7 Å². The first-order chi connectivity index (χ1) is 11.6. The second-order valence-corrected chi connectivity index (χ2v) is 5.63. The van der Waals surface area contributed by atoms with Gasteiger partial charge in [-0.1, -0.05) is 48.0 Å². The normalized spacial score (nSPS) is 11.3. The molecule has 0 bridgehead atoms. The van der Waals surface area contributed by atoms with Crippen LogP contribution in [0.1, 0.15) is 18.0 Å². The Hall–Kier alpha value is -1.79. The second-order valence-electron chi connectivity index (χ2n) is 5.23. The van der Waals surface area contributed by atoms with Crippen LogP contribution in [0.15, 0.2) is 48.5 Å². The van der Waals surface area contributed by atoms with Crippen LogP contribution in [0.25, 0.3) is 0 Å². The van der Waals surface area contributed by atoms with Gasteiger partial charge in [0.15, 0.2) is 5.75 Å². The number of para-hydroxylation sites is 1. The van der Waals surface area contributed by atoms with Crippen molar-refractivity contribution >= 4 is 35.6 Å². The predicted molar refractivity (Wildman–Crippen MR) is 103 cm³/mol. The first-order valence-corrected chi connectivity index (χ1v) is 8.00. The average Bonchev–Trinajstić information content (AvgIpc) is 2.58. The molecule has 0 fully saturated rings. The summed E-state index contributed by atoms with van der Waals surface area (Å²) >= 11 is 6.15. The zero-order valence-electron chi connectivity index (χ0n) is 13.9. The Bertz CT molecular complexity index is 669. The molecule has 2 aromatic rings. The topological polar surface area (TPSA) is 73.6 Å². The van der Waals surface area contributed by atoms with Gasteiger partial charge in [-0.2, -0.15) is 0 Å². The van der Waals surface area contributed by atoms with Gasteiger partial charge in [-0.3, -0.25) is 4.79 Å². The van der Waals surface area contributed by atoms with E-state index in [1.807, 2.05) is 30.3 Å². The standard InChI is InChI=1S/C18H21ClN2O3.ClH/c1-23-10-11-24-18-14(19)8-5-9-16(18)21-17(22)12-15(20)13-6-3-2-4-7-13;/h2-9,15H,10-12,20H2,1H3,(H,21,22);1H. The van der Waals surface area contributed by atoms with Crippen LogP contribution < -0.4 is 15.8 Å². The summed E-state index contributed by atoms with van der Waals surface area (Å²) in [5, 5.41) is 3.24. The third kappa shape index (κ3) is 6.55. The van der Waals surface area contributed by atoms with Crippen molar-refractivity contribution in [1.29, 1.82) is 0 Å². The molecule has 2 rings (SSSR count). The lowest BCUT2D eigenvalue weighted by Crippen LogP contribution is -2.21. The summed E-state index contributed by atoms with van der Waals surface area (Å²) in [6.07, 6.45) is 0.161. The third-order valence-corrected chi connectivity index (χ3v) is 3.71. The first-order valence-electron chi connectivity index (χ1n) is 7.62. The number of amides is 1. The molecule has 0 saturated heterocycles. The molecule has 5 nitrogen and oxygen atoms in total. The molecule has 7 heteroatoms. The fourth-order valence-corrected chi connectivity index (χ4v) is 2.43. The Kier molecular flexibility index (Phi) is 9.31. The van der Waals surface area contributed by atoms with Crippen molar-refractivity contribution in [3.05, 3.63) is 59.1 Å². The molecule has 3 N–H and O–H groups in total. The number of benzene rings is 2. The molecule has 0 saturated carbocycles. The molecule has 0 heterocycles. The quantitative estimate of drug-likeness (QED) is 0.678. The van der Waals surface area contributed by atoms with Crippen molar-refractivity contribution in [2.75, 3.05) is 25.6 Å². The molecule has 0 spiro atoms. The van der Waals surface area contributed by atoms with Crippen molar-refractivity contribution in [2.24, 2.45) is 5.73 Å². The van der Waals surface area contributed by atoms with Gasteiger partial charge in [0.05, 0.1) is 17.3 Å². The number of nitrogens with one attached hydrogen (secondary N) is 1. The van der Waals surface area contributed by atoms with E-state index < -0.39 is 0 Å². The van der Waals surface area contributed by atoms with Crippen molar-refractivity contribution in [1.82, 2.24) is 0 Å². The molecule has 2 aromatic carbocycles. The summed E-state index contributed by atoms with van der Waals surface area (Å²) < 4.78 is 10.5. The average molecular weight is 385 g/mol. The lowest BCUT2D eigenvalue weighted by Gasteiger charge is -2.15. The maximum atomic E-state index is 12.3. The van der Waals surface area contributed by atoms with Gasteiger partial charge in [-0.15, -0.1) is 12.4 Å². The van der Waals surface area contributed by atoms with Gasteiger partial charge in [-0.25, -0.2) is 0 Å².